The zero-order valence-corrected chi connectivity index (χ0v) is 36.1. The van der Waals surface area contributed by atoms with Gasteiger partial charge in [-0.3, -0.25) is 0 Å². The fraction of sp³-hybridized carbons (Fsp3) is 0.696. The van der Waals surface area contributed by atoms with E-state index in [1.807, 2.05) is 11.3 Å². The maximum atomic E-state index is 5.37. The van der Waals surface area contributed by atoms with Crippen LogP contribution in [-0.4, -0.2) is 15.0 Å². The molecule has 51 heavy (non-hydrogen) atoms. The highest BCUT2D eigenvalue weighted by Crippen LogP contribution is 2.49. The first kappa shape index (κ1) is 41.8. The molecule has 284 valence electrons. The molecule has 1 aromatic carbocycles. The van der Waals surface area contributed by atoms with Gasteiger partial charge in [0.2, 0.25) is 0 Å². The van der Waals surface area contributed by atoms with Crippen molar-refractivity contribution in [3.05, 3.63) is 45.8 Å². The average Bonchev–Trinajstić information content (AvgIpc) is 3.89. The molecule has 4 rings (SSSR count). The smallest absolute Gasteiger partial charge is 0.122 e. The molecule has 5 heteroatoms. The molecule has 0 radical (unpaired) electrons. The minimum atomic E-state index is 0.0836. The van der Waals surface area contributed by atoms with Crippen LogP contribution < -0.4 is 0 Å². The van der Waals surface area contributed by atoms with Crippen LogP contribution in [0.4, 0.5) is 0 Å². The van der Waals surface area contributed by atoms with Gasteiger partial charge in [0.25, 0.3) is 0 Å². The zero-order chi connectivity index (χ0) is 37.0. The van der Waals surface area contributed by atoms with Crippen LogP contribution in [0.15, 0.2) is 24.3 Å². The maximum absolute atomic E-state index is 5.37. The fourth-order valence-electron chi connectivity index (χ4n) is 7.71. The Morgan fingerprint density at radius 2 is 1.20 bits per heavy atom. The molecule has 0 aliphatic heterocycles. The normalized spacial score (nSPS) is 13.1. The number of rotatable bonds is 24. The van der Waals surface area contributed by atoms with Crippen molar-refractivity contribution >= 4 is 33.7 Å². The van der Waals surface area contributed by atoms with Crippen molar-refractivity contribution < 1.29 is 0 Å². The molecule has 1 unspecified atom stereocenters. The summed E-state index contributed by atoms with van der Waals surface area (Å²) in [6.45, 7) is 24.5. The van der Waals surface area contributed by atoms with Gasteiger partial charge in [-0.2, -0.15) is 15.0 Å². The summed E-state index contributed by atoms with van der Waals surface area (Å²) in [5, 5.41) is 10.7. The van der Waals surface area contributed by atoms with Gasteiger partial charge < -0.3 is 0 Å². The molecule has 0 aliphatic carbocycles. The van der Waals surface area contributed by atoms with Gasteiger partial charge in [0, 0.05) is 30.5 Å². The van der Waals surface area contributed by atoms with E-state index in [4.69, 9.17) is 10.2 Å². The van der Waals surface area contributed by atoms with Gasteiger partial charge in [0.05, 0.1) is 6.54 Å². The lowest BCUT2D eigenvalue weighted by atomic mass is 9.77. The molecule has 4 aromatic rings. The number of unbranched alkanes of at least 4 members (excludes halogenated alkanes) is 7. The van der Waals surface area contributed by atoms with E-state index in [-0.39, 0.29) is 10.8 Å². The molecule has 0 saturated heterocycles. The van der Waals surface area contributed by atoms with Crippen molar-refractivity contribution in [2.75, 3.05) is 0 Å². The number of aromatic nitrogens is 3. The van der Waals surface area contributed by atoms with Gasteiger partial charge in [-0.25, -0.2) is 0 Å². The quantitative estimate of drug-likeness (QED) is 0.0672. The minimum Gasteiger partial charge on any atom is -0.183 e. The van der Waals surface area contributed by atoms with Crippen LogP contribution in [0.25, 0.3) is 31.2 Å². The lowest BCUT2D eigenvalue weighted by Gasteiger charge is -2.27. The highest BCUT2D eigenvalue weighted by molar-refractivity contribution is 7.24. The van der Waals surface area contributed by atoms with Gasteiger partial charge in [-0.1, -0.05) is 139 Å². The molecule has 3 heterocycles. The fourth-order valence-corrected chi connectivity index (χ4v) is 10.6. The Kier molecular flexibility index (Phi) is 16.3. The largest absolute Gasteiger partial charge is 0.183 e. The minimum absolute atomic E-state index is 0.0836. The molecule has 0 fully saturated rings. The Bertz CT molecular complexity index is 1610. The number of benzene rings is 1. The third kappa shape index (κ3) is 9.97. The molecule has 0 N–H and O–H groups in total. The summed E-state index contributed by atoms with van der Waals surface area (Å²) in [6.07, 6.45) is 22.2. The first-order valence-corrected chi connectivity index (χ1v) is 22.9. The van der Waals surface area contributed by atoms with Gasteiger partial charge in [-0.05, 0) is 97.9 Å². The monoisotopic (exact) mass is 732 g/mol. The van der Waals surface area contributed by atoms with E-state index in [0.29, 0.717) is 5.92 Å². The maximum Gasteiger partial charge on any atom is 0.122 e. The Morgan fingerprint density at radius 3 is 1.76 bits per heavy atom. The number of nitrogens with zero attached hydrogens (tertiary/aromatic N) is 3. The molecular formula is C46H73N3S2. The standard InChI is InChI=1S/C46H73N3S2/c1-11-19-22-24-27-35-31-39(50-43(35)44-36(28-25-23-20-12-2)32-40(51-44)46(10,17-7)18-8)37-29-30-38(45(9,15-5)16-6)42-41(37)47-49(48-42)33-34(14-4)26-21-13-3/h29-32,34H,11-28,33H2,1-10H3. The van der Waals surface area contributed by atoms with E-state index >= 15 is 0 Å². The van der Waals surface area contributed by atoms with Crippen LogP contribution >= 0.6 is 22.7 Å². The highest BCUT2D eigenvalue weighted by atomic mass is 32.1. The summed E-state index contributed by atoms with van der Waals surface area (Å²) in [4.78, 5) is 8.11. The van der Waals surface area contributed by atoms with Crippen LogP contribution in [0.1, 0.15) is 194 Å². The number of thiophene rings is 2. The van der Waals surface area contributed by atoms with Gasteiger partial charge in [-0.15, -0.1) is 22.7 Å². The van der Waals surface area contributed by atoms with Crippen molar-refractivity contribution in [2.24, 2.45) is 5.92 Å². The summed E-state index contributed by atoms with van der Waals surface area (Å²) in [7, 11) is 0. The van der Waals surface area contributed by atoms with E-state index in [2.05, 4.69) is 110 Å². The van der Waals surface area contributed by atoms with Crippen LogP contribution in [0.3, 0.4) is 0 Å². The predicted molar refractivity (Wildman–Crippen MR) is 229 cm³/mol. The third-order valence-electron chi connectivity index (χ3n) is 12.6. The summed E-state index contributed by atoms with van der Waals surface area (Å²) >= 11 is 4.15. The number of hydrogen-bond acceptors (Lipinski definition) is 4. The lowest BCUT2D eigenvalue weighted by molar-refractivity contribution is 0.350. The summed E-state index contributed by atoms with van der Waals surface area (Å²) in [5.41, 5.74) is 8.33. The SMILES string of the molecule is CCCCCCc1cc(-c2ccc(C(C)(CC)CC)c3nn(CC(CC)CCCC)nc23)sc1-c1sc(C(C)(CC)CC)cc1CCCCCC. The van der Waals surface area contributed by atoms with Crippen LogP contribution in [-0.2, 0) is 30.2 Å². The zero-order valence-electron chi connectivity index (χ0n) is 34.5. The molecular weight excluding hydrogens is 659 g/mol. The Hall–Kier alpha value is -1.98. The molecule has 3 nitrogen and oxygen atoms in total. The Morgan fingerprint density at radius 1 is 0.627 bits per heavy atom. The molecule has 1 atom stereocenters. The second-order valence-electron chi connectivity index (χ2n) is 16.1. The van der Waals surface area contributed by atoms with Crippen molar-refractivity contribution in [3.63, 3.8) is 0 Å². The van der Waals surface area contributed by atoms with Crippen molar-refractivity contribution in [2.45, 2.75) is 202 Å². The number of aryl methyl sites for hydroxylation is 2. The number of fused-ring (bicyclic) bond motifs is 1. The van der Waals surface area contributed by atoms with Crippen LogP contribution in [0.2, 0.25) is 0 Å². The average molecular weight is 732 g/mol. The first-order valence-electron chi connectivity index (χ1n) is 21.3. The molecule has 0 aliphatic rings. The van der Waals surface area contributed by atoms with Crippen molar-refractivity contribution in [3.8, 4) is 20.2 Å². The molecule has 0 amide bonds. The summed E-state index contributed by atoms with van der Waals surface area (Å²) in [6, 6.07) is 10.0. The summed E-state index contributed by atoms with van der Waals surface area (Å²) < 4.78 is 0. The third-order valence-corrected chi connectivity index (χ3v) is 15.5. The Labute approximate surface area is 321 Å². The van der Waals surface area contributed by atoms with E-state index in [0.717, 1.165) is 36.8 Å². The van der Waals surface area contributed by atoms with Crippen LogP contribution in [0.5, 0.6) is 0 Å². The first-order chi connectivity index (χ1) is 24.6. The van der Waals surface area contributed by atoms with E-state index in [1.54, 1.807) is 20.9 Å². The van der Waals surface area contributed by atoms with Crippen molar-refractivity contribution in [1.29, 1.82) is 0 Å². The highest BCUT2D eigenvalue weighted by Gasteiger charge is 2.30. The van der Waals surface area contributed by atoms with E-state index in [1.165, 1.54) is 117 Å². The second kappa shape index (κ2) is 19.9. The molecule has 3 aromatic heterocycles. The van der Waals surface area contributed by atoms with Crippen molar-refractivity contribution in [1.82, 2.24) is 15.0 Å². The topological polar surface area (TPSA) is 30.7 Å². The molecule has 0 saturated carbocycles. The molecule has 0 spiro atoms. The van der Waals surface area contributed by atoms with Crippen LogP contribution in [0, 0.1) is 5.92 Å². The lowest BCUT2D eigenvalue weighted by Crippen LogP contribution is -2.20. The van der Waals surface area contributed by atoms with Gasteiger partial charge >= 0.3 is 0 Å². The predicted octanol–water partition coefficient (Wildman–Crippen LogP) is 15.5. The van der Waals surface area contributed by atoms with Gasteiger partial charge in [0.15, 0.2) is 0 Å². The van der Waals surface area contributed by atoms with E-state index in [9.17, 15) is 0 Å². The summed E-state index contributed by atoms with van der Waals surface area (Å²) in [5.74, 6) is 0.617. The van der Waals surface area contributed by atoms with E-state index < -0.39 is 0 Å². The van der Waals surface area contributed by atoms with Gasteiger partial charge in [0.1, 0.15) is 11.0 Å². The second-order valence-corrected chi connectivity index (χ2v) is 18.2. The number of hydrogen-bond donors (Lipinski definition) is 0. The Balaban J connectivity index is 1.90. The molecule has 0 bridgehead atoms.